The van der Waals surface area contributed by atoms with E-state index in [2.05, 4.69) is 28.7 Å². The van der Waals surface area contributed by atoms with Gasteiger partial charge in [0.2, 0.25) is 0 Å². The van der Waals surface area contributed by atoms with E-state index in [1.54, 1.807) is 0 Å². The van der Waals surface area contributed by atoms with Crippen LogP contribution in [0, 0.1) is 0 Å². The van der Waals surface area contributed by atoms with Gasteiger partial charge >= 0.3 is 0 Å². The van der Waals surface area contributed by atoms with E-state index in [9.17, 15) is 0 Å². The molecule has 0 fully saturated rings. The zero-order chi connectivity index (χ0) is 14.5. The Bertz CT molecular complexity index is 628. The van der Waals surface area contributed by atoms with E-state index in [0.717, 1.165) is 35.8 Å². The van der Waals surface area contributed by atoms with Crippen molar-refractivity contribution in [2.24, 2.45) is 5.16 Å². The summed E-state index contributed by atoms with van der Waals surface area (Å²) < 4.78 is 0. The van der Waals surface area contributed by atoms with Gasteiger partial charge in [-0.3, -0.25) is 0 Å². The van der Waals surface area contributed by atoms with Crippen molar-refractivity contribution in [1.82, 2.24) is 0 Å². The summed E-state index contributed by atoms with van der Waals surface area (Å²) >= 11 is 5.98. The lowest BCUT2D eigenvalue weighted by Gasteiger charge is -2.07. The Labute approximate surface area is 129 Å². The summed E-state index contributed by atoms with van der Waals surface area (Å²) in [6.45, 7) is 1.80. The van der Waals surface area contributed by atoms with Crippen LogP contribution in [-0.4, -0.2) is 18.4 Å². The minimum absolute atomic E-state index is 0.152. The third-order valence-corrected chi connectivity index (χ3v) is 3.77. The van der Waals surface area contributed by atoms with Gasteiger partial charge in [0.25, 0.3) is 0 Å². The SMILES string of the molecule is Clc1cccc(C[NH2+]C[C@H]2CC(c3ccccc3)=NO2)c1. The lowest BCUT2D eigenvalue weighted by atomic mass is 10.1. The van der Waals surface area contributed by atoms with E-state index in [1.807, 2.05) is 36.4 Å². The minimum Gasteiger partial charge on any atom is -0.386 e. The molecule has 0 amide bonds. The lowest BCUT2D eigenvalue weighted by molar-refractivity contribution is -0.676. The minimum atomic E-state index is 0.152. The van der Waals surface area contributed by atoms with Crippen molar-refractivity contribution in [3.8, 4) is 0 Å². The fourth-order valence-corrected chi connectivity index (χ4v) is 2.67. The van der Waals surface area contributed by atoms with Crippen molar-refractivity contribution in [2.45, 2.75) is 19.1 Å². The molecule has 0 saturated carbocycles. The maximum Gasteiger partial charge on any atom is 0.181 e. The van der Waals surface area contributed by atoms with Gasteiger partial charge in [0.05, 0.1) is 5.71 Å². The van der Waals surface area contributed by atoms with Crippen molar-refractivity contribution in [1.29, 1.82) is 0 Å². The molecule has 0 radical (unpaired) electrons. The smallest absolute Gasteiger partial charge is 0.181 e. The summed E-state index contributed by atoms with van der Waals surface area (Å²) in [6.07, 6.45) is 1.02. The summed E-state index contributed by atoms with van der Waals surface area (Å²) in [5.74, 6) is 0. The molecule has 1 atom stereocenters. The molecule has 0 unspecified atom stereocenters. The number of oxime groups is 1. The molecule has 0 aliphatic carbocycles. The molecule has 0 spiro atoms. The second-order valence-corrected chi connectivity index (χ2v) is 5.63. The predicted octanol–water partition coefficient (Wildman–Crippen LogP) is 2.60. The Balaban J connectivity index is 1.46. The first-order valence-corrected chi connectivity index (χ1v) is 7.53. The van der Waals surface area contributed by atoms with Gasteiger partial charge in [0.1, 0.15) is 13.1 Å². The van der Waals surface area contributed by atoms with Crippen LogP contribution in [0.5, 0.6) is 0 Å². The number of hydrogen-bond donors (Lipinski definition) is 1. The van der Waals surface area contributed by atoms with Crippen LogP contribution in [0.25, 0.3) is 0 Å². The molecular weight excluding hydrogens is 284 g/mol. The Kier molecular flexibility index (Phi) is 4.53. The molecule has 0 saturated heterocycles. The van der Waals surface area contributed by atoms with Crippen LogP contribution in [0.15, 0.2) is 59.8 Å². The fraction of sp³-hybridized carbons (Fsp3) is 0.235. The molecule has 21 heavy (non-hydrogen) atoms. The Morgan fingerprint density at radius 1 is 1.14 bits per heavy atom. The van der Waals surface area contributed by atoms with Crippen molar-refractivity contribution < 1.29 is 10.2 Å². The van der Waals surface area contributed by atoms with Crippen LogP contribution in [0.1, 0.15) is 17.5 Å². The van der Waals surface area contributed by atoms with Gasteiger partial charge in [0.15, 0.2) is 6.10 Å². The number of benzene rings is 2. The highest BCUT2D eigenvalue weighted by molar-refractivity contribution is 6.30. The number of quaternary nitrogens is 1. The van der Waals surface area contributed by atoms with Gasteiger partial charge in [-0.25, -0.2) is 0 Å². The molecular formula is C17H18ClN2O+. The first-order chi connectivity index (χ1) is 10.3. The van der Waals surface area contributed by atoms with Crippen molar-refractivity contribution in [2.75, 3.05) is 6.54 Å². The van der Waals surface area contributed by atoms with E-state index in [4.69, 9.17) is 16.4 Å². The molecule has 2 aromatic carbocycles. The van der Waals surface area contributed by atoms with E-state index in [-0.39, 0.29) is 6.10 Å². The summed E-state index contributed by atoms with van der Waals surface area (Å²) in [7, 11) is 0. The fourth-order valence-electron chi connectivity index (χ4n) is 2.46. The normalized spacial score (nSPS) is 17.4. The lowest BCUT2D eigenvalue weighted by Crippen LogP contribution is -2.84. The van der Waals surface area contributed by atoms with Gasteiger partial charge in [0, 0.05) is 17.0 Å². The van der Waals surface area contributed by atoms with Crippen LogP contribution in [-0.2, 0) is 11.4 Å². The van der Waals surface area contributed by atoms with Gasteiger partial charge in [-0.15, -0.1) is 0 Å². The van der Waals surface area contributed by atoms with Crippen LogP contribution in [0.2, 0.25) is 5.02 Å². The summed E-state index contributed by atoms with van der Waals surface area (Å²) in [6, 6.07) is 18.2. The zero-order valence-electron chi connectivity index (χ0n) is 11.7. The quantitative estimate of drug-likeness (QED) is 0.906. The zero-order valence-corrected chi connectivity index (χ0v) is 12.5. The van der Waals surface area contributed by atoms with Crippen LogP contribution < -0.4 is 5.32 Å². The van der Waals surface area contributed by atoms with Crippen molar-refractivity contribution >= 4 is 17.3 Å². The number of nitrogens with two attached hydrogens (primary N) is 1. The number of hydrogen-bond acceptors (Lipinski definition) is 2. The summed E-state index contributed by atoms with van der Waals surface area (Å²) in [5, 5.41) is 7.22. The molecule has 0 aromatic heterocycles. The third-order valence-electron chi connectivity index (χ3n) is 3.54. The number of halogens is 1. The number of nitrogens with zero attached hydrogens (tertiary/aromatic N) is 1. The van der Waals surface area contributed by atoms with E-state index >= 15 is 0 Å². The molecule has 4 heteroatoms. The topological polar surface area (TPSA) is 38.2 Å². The largest absolute Gasteiger partial charge is 0.386 e. The third kappa shape index (κ3) is 3.84. The highest BCUT2D eigenvalue weighted by Gasteiger charge is 2.23. The highest BCUT2D eigenvalue weighted by atomic mass is 35.5. The summed E-state index contributed by atoms with van der Waals surface area (Å²) in [4.78, 5) is 5.51. The average molecular weight is 302 g/mol. The second kappa shape index (κ2) is 6.74. The molecule has 1 aliphatic heterocycles. The van der Waals surface area contributed by atoms with Gasteiger partial charge in [-0.1, -0.05) is 59.2 Å². The van der Waals surface area contributed by atoms with Crippen LogP contribution in [0.4, 0.5) is 0 Å². The number of rotatable bonds is 5. The van der Waals surface area contributed by atoms with Gasteiger partial charge < -0.3 is 10.2 Å². The molecule has 2 N–H and O–H groups in total. The molecule has 0 bridgehead atoms. The monoisotopic (exact) mass is 301 g/mol. The van der Waals surface area contributed by atoms with Crippen molar-refractivity contribution in [3.05, 3.63) is 70.7 Å². The second-order valence-electron chi connectivity index (χ2n) is 5.19. The maximum atomic E-state index is 5.98. The highest BCUT2D eigenvalue weighted by Crippen LogP contribution is 2.15. The van der Waals surface area contributed by atoms with Crippen LogP contribution in [0.3, 0.4) is 0 Å². The molecule has 2 aromatic rings. The standard InChI is InChI=1S/C17H17ClN2O/c18-15-8-4-5-13(9-15)11-19-12-16-10-17(20-21-16)14-6-2-1-3-7-14/h1-9,16,19H,10-12H2/p+1/t16-/m1/s1. The Hall–Kier alpha value is -1.84. The molecule has 108 valence electrons. The Morgan fingerprint density at radius 3 is 2.81 bits per heavy atom. The van der Waals surface area contributed by atoms with E-state index in [1.165, 1.54) is 5.56 Å². The van der Waals surface area contributed by atoms with Crippen LogP contribution >= 0.6 is 11.6 Å². The first-order valence-electron chi connectivity index (χ1n) is 7.15. The van der Waals surface area contributed by atoms with Gasteiger partial charge in [-0.05, 0) is 17.7 Å². The maximum absolute atomic E-state index is 5.98. The molecule has 3 nitrogen and oxygen atoms in total. The van der Waals surface area contributed by atoms with Crippen molar-refractivity contribution in [3.63, 3.8) is 0 Å². The van der Waals surface area contributed by atoms with E-state index in [0.29, 0.717) is 0 Å². The van der Waals surface area contributed by atoms with E-state index < -0.39 is 0 Å². The molecule has 1 aliphatic rings. The average Bonchev–Trinajstić information content (AvgIpc) is 2.97. The molecule has 1 heterocycles. The Morgan fingerprint density at radius 2 is 2.00 bits per heavy atom. The summed E-state index contributed by atoms with van der Waals surface area (Å²) in [5.41, 5.74) is 3.41. The van der Waals surface area contributed by atoms with Gasteiger partial charge in [-0.2, -0.15) is 0 Å². The predicted molar refractivity (Wildman–Crippen MR) is 84.4 cm³/mol. The molecule has 3 rings (SSSR count). The first kappa shape index (κ1) is 14.1.